The minimum atomic E-state index is 0.0639. The first kappa shape index (κ1) is 24.8. The predicted molar refractivity (Wildman–Crippen MR) is 162 cm³/mol. The second-order valence-electron chi connectivity index (χ2n) is 11.9. The minimum Gasteiger partial charge on any atom is -0.453 e. The van der Waals surface area contributed by atoms with E-state index in [2.05, 4.69) is 109 Å². The summed E-state index contributed by atoms with van der Waals surface area (Å²) in [5.74, 6) is 0.836. The third kappa shape index (κ3) is 4.03. The Morgan fingerprint density at radius 3 is 2.08 bits per heavy atom. The molecule has 0 amide bonds. The Morgan fingerprint density at radius 2 is 1.45 bits per heavy atom. The van der Waals surface area contributed by atoms with Crippen molar-refractivity contribution in [3.05, 3.63) is 83.6 Å². The van der Waals surface area contributed by atoms with E-state index in [4.69, 9.17) is 14.4 Å². The van der Waals surface area contributed by atoms with E-state index in [1.165, 1.54) is 22.3 Å². The molecule has 0 N–H and O–H groups in total. The van der Waals surface area contributed by atoms with Crippen molar-refractivity contribution < 1.29 is 4.42 Å². The molecule has 0 saturated carbocycles. The molecule has 3 aromatic carbocycles. The minimum absolute atomic E-state index is 0.0639. The molecule has 6 aromatic rings. The lowest BCUT2D eigenvalue weighted by Crippen LogP contribution is -2.11. The van der Waals surface area contributed by atoms with Gasteiger partial charge in [0.15, 0.2) is 5.58 Å². The van der Waals surface area contributed by atoms with E-state index in [9.17, 15) is 0 Å². The number of aromatic nitrogens is 2. The third-order valence-electron chi connectivity index (χ3n) is 7.52. The zero-order valence-electron chi connectivity index (χ0n) is 23.2. The van der Waals surface area contributed by atoms with E-state index in [0.29, 0.717) is 11.8 Å². The highest BCUT2D eigenvalue weighted by molar-refractivity contribution is 7.21. The highest BCUT2D eigenvalue weighted by atomic mass is 32.1. The first-order chi connectivity index (χ1) is 18.1. The van der Waals surface area contributed by atoms with Gasteiger partial charge in [-0.2, -0.15) is 0 Å². The summed E-state index contributed by atoms with van der Waals surface area (Å²) in [7, 11) is 0. The van der Waals surface area contributed by atoms with Crippen LogP contribution in [0.1, 0.15) is 77.0 Å². The molecule has 6 rings (SSSR count). The fraction of sp³-hybridized carbons (Fsp3) is 0.294. The zero-order valence-corrected chi connectivity index (χ0v) is 24.0. The highest BCUT2D eigenvalue weighted by Gasteiger charge is 2.22. The second kappa shape index (κ2) is 9.06. The number of furan rings is 1. The number of hydrogen-bond acceptors (Lipinski definition) is 4. The van der Waals surface area contributed by atoms with Gasteiger partial charge in [-0.1, -0.05) is 84.9 Å². The van der Waals surface area contributed by atoms with Crippen LogP contribution in [0.2, 0.25) is 0 Å². The molecule has 38 heavy (non-hydrogen) atoms. The number of hydrogen-bond donors (Lipinski definition) is 0. The lowest BCUT2D eigenvalue weighted by atomic mass is 9.88. The monoisotopic (exact) mass is 518 g/mol. The molecule has 0 fully saturated rings. The van der Waals surface area contributed by atoms with Crippen LogP contribution in [-0.2, 0) is 5.41 Å². The summed E-state index contributed by atoms with van der Waals surface area (Å²) >= 11 is 1.76. The summed E-state index contributed by atoms with van der Waals surface area (Å²) in [5, 5.41) is 3.26. The van der Waals surface area contributed by atoms with Crippen LogP contribution in [0, 0.1) is 0 Å². The summed E-state index contributed by atoms with van der Waals surface area (Å²) in [6.45, 7) is 15.7. The van der Waals surface area contributed by atoms with Crippen molar-refractivity contribution in [2.75, 3.05) is 0 Å². The molecule has 0 radical (unpaired) electrons. The Labute approximate surface area is 228 Å². The number of rotatable bonds is 4. The summed E-state index contributed by atoms with van der Waals surface area (Å²) < 4.78 is 7.80. The Bertz CT molecular complexity index is 1770. The van der Waals surface area contributed by atoms with Crippen LogP contribution in [0.5, 0.6) is 0 Å². The van der Waals surface area contributed by atoms with Crippen LogP contribution >= 0.6 is 11.3 Å². The third-order valence-corrected chi connectivity index (χ3v) is 8.55. The van der Waals surface area contributed by atoms with Gasteiger partial charge < -0.3 is 4.42 Å². The van der Waals surface area contributed by atoms with Crippen molar-refractivity contribution in [2.45, 2.75) is 65.7 Å². The molecule has 3 heterocycles. The molecule has 0 aliphatic rings. The van der Waals surface area contributed by atoms with Crippen LogP contribution < -0.4 is 0 Å². The van der Waals surface area contributed by atoms with Crippen molar-refractivity contribution in [1.82, 2.24) is 9.97 Å². The van der Waals surface area contributed by atoms with Gasteiger partial charge in [-0.25, -0.2) is 4.98 Å². The molecule has 0 saturated heterocycles. The van der Waals surface area contributed by atoms with Gasteiger partial charge in [0.2, 0.25) is 0 Å². The Morgan fingerprint density at radius 1 is 0.763 bits per heavy atom. The summed E-state index contributed by atoms with van der Waals surface area (Å²) in [4.78, 5) is 10.1. The Hall–Kier alpha value is -3.50. The standard InChI is InChI=1S/C34H34N2OS/c1-19(2)22-10-8-11-23(20(3)4)29(22)33-36-30-28(38-33)17-15-25-24-12-9-13-26(31(24)37-32(25)30)27-16-14-21(18-35-27)34(5,6)7/h8-20H,1-7H3. The fourth-order valence-corrected chi connectivity index (χ4v) is 6.40. The fourth-order valence-electron chi connectivity index (χ4n) is 5.35. The highest BCUT2D eigenvalue weighted by Crippen LogP contribution is 2.43. The zero-order chi connectivity index (χ0) is 26.8. The second-order valence-corrected chi connectivity index (χ2v) is 12.9. The van der Waals surface area contributed by atoms with Gasteiger partial charge in [0.05, 0.1) is 10.4 Å². The average Bonchev–Trinajstić information content (AvgIpc) is 3.49. The molecular formula is C34H34N2OS. The van der Waals surface area contributed by atoms with Gasteiger partial charge in [0.25, 0.3) is 0 Å². The van der Waals surface area contributed by atoms with Gasteiger partial charge in [-0.05, 0) is 58.2 Å². The summed E-state index contributed by atoms with van der Waals surface area (Å²) in [6, 6.07) is 21.7. The largest absolute Gasteiger partial charge is 0.453 e. The number of pyridine rings is 1. The van der Waals surface area contributed by atoms with Crippen LogP contribution in [0.25, 0.3) is 54.0 Å². The summed E-state index contributed by atoms with van der Waals surface area (Å²) in [5.41, 5.74) is 9.86. The van der Waals surface area contributed by atoms with Gasteiger partial charge in [-0.15, -0.1) is 11.3 Å². The van der Waals surface area contributed by atoms with E-state index >= 15 is 0 Å². The van der Waals surface area contributed by atoms with E-state index in [0.717, 1.165) is 48.4 Å². The number of fused-ring (bicyclic) bond motifs is 5. The molecule has 0 aliphatic heterocycles. The lowest BCUT2D eigenvalue weighted by molar-refractivity contribution is 0.587. The van der Waals surface area contributed by atoms with Gasteiger partial charge in [-0.3, -0.25) is 4.98 Å². The molecule has 3 nitrogen and oxygen atoms in total. The quantitative estimate of drug-likeness (QED) is 0.233. The smallest absolute Gasteiger partial charge is 0.162 e. The molecule has 0 bridgehead atoms. The van der Waals surface area contributed by atoms with Crippen molar-refractivity contribution in [3.63, 3.8) is 0 Å². The van der Waals surface area contributed by atoms with Crippen LogP contribution in [0.4, 0.5) is 0 Å². The van der Waals surface area contributed by atoms with Crippen LogP contribution in [0.15, 0.2) is 71.3 Å². The first-order valence-electron chi connectivity index (χ1n) is 13.5. The van der Waals surface area contributed by atoms with Gasteiger partial charge in [0.1, 0.15) is 16.1 Å². The number of benzene rings is 3. The van der Waals surface area contributed by atoms with E-state index in [1.54, 1.807) is 11.3 Å². The SMILES string of the molecule is CC(C)c1cccc(C(C)C)c1-c1nc2c(ccc3c4cccc(-c5ccc(C(C)(C)C)cn5)c4oc32)s1. The molecule has 0 atom stereocenters. The maximum Gasteiger partial charge on any atom is 0.162 e. The van der Waals surface area contributed by atoms with Crippen LogP contribution in [-0.4, -0.2) is 9.97 Å². The summed E-state index contributed by atoms with van der Waals surface area (Å²) in [6.07, 6.45) is 1.99. The maximum absolute atomic E-state index is 6.66. The topological polar surface area (TPSA) is 38.9 Å². The normalized spacial score (nSPS) is 12.6. The lowest BCUT2D eigenvalue weighted by Gasteiger charge is -2.18. The molecule has 4 heteroatoms. The average molecular weight is 519 g/mol. The number of para-hydroxylation sites is 1. The van der Waals surface area contributed by atoms with Gasteiger partial charge >= 0.3 is 0 Å². The van der Waals surface area contributed by atoms with E-state index < -0.39 is 0 Å². The first-order valence-corrected chi connectivity index (χ1v) is 14.3. The van der Waals surface area contributed by atoms with E-state index in [-0.39, 0.29) is 5.41 Å². The molecular weight excluding hydrogens is 484 g/mol. The molecule has 0 spiro atoms. The van der Waals surface area contributed by atoms with Crippen molar-refractivity contribution >= 4 is 43.5 Å². The maximum atomic E-state index is 6.66. The van der Waals surface area contributed by atoms with E-state index in [1.807, 2.05) is 6.20 Å². The van der Waals surface area contributed by atoms with Crippen molar-refractivity contribution in [1.29, 1.82) is 0 Å². The number of nitrogens with zero attached hydrogens (tertiary/aromatic N) is 2. The van der Waals surface area contributed by atoms with Crippen molar-refractivity contribution in [3.8, 4) is 21.8 Å². The van der Waals surface area contributed by atoms with Gasteiger partial charge in [0, 0.05) is 28.1 Å². The Kier molecular flexibility index (Phi) is 5.92. The number of thiazole rings is 1. The molecule has 3 aromatic heterocycles. The molecule has 0 unspecified atom stereocenters. The molecule has 192 valence electrons. The van der Waals surface area contributed by atoms with Crippen LogP contribution in [0.3, 0.4) is 0 Å². The van der Waals surface area contributed by atoms with Crippen molar-refractivity contribution in [2.24, 2.45) is 0 Å². The predicted octanol–water partition coefficient (Wildman–Crippen LogP) is 10.5. The Balaban J connectivity index is 1.56. The molecule has 0 aliphatic carbocycles.